The summed E-state index contributed by atoms with van der Waals surface area (Å²) in [7, 11) is -3.75. The molecule has 0 aromatic heterocycles. The highest BCUT2D eigenvalue weighted by Gasteiger charge is 2.13. The molecule has 0 unspecified atom stereocenters. The summed E-state index contributed by atoms with van der Waals surface area (Å²) in [6, 6.07) is 10.7. The van der Waals surface area contributed by atoms with E-state index in [1.165, 1.54) is 24.3 Å². The van der Waals surface area contributed by atoms with Crippen LogP contribution in [0.3, 0.4) is 0 Å². The van der Waals surface area contributed by atoms with Gasteiger partial charge >= 0.3 is 0 Å². The highest BCUT2D eigenvalue weighted by Crippen LogP contribution is 2.23. The molecule has 116 valence electrons. The van der Waals surface area contributed by atoms with E-state index < -0.39 is 10.0 Å². The van der Waals surface area contributed by atoms with Crippen LogP contribution in [0, 0.1) is 0 Å². The van der Waals surface area contributed by atoms with Crippen molar-refractivity contribution >= 4 is 50.5 Å². The van der Waals surface area contributed by atoms with Crippen molar-refractivity contribution < 1.29 is 8.42 Å². The first kappa shape index (κ1) is 17.1. The maximum atomic E-state index is 12.1. The standard InChI is InChI=1S/C14H11Cl3N2O2S/c1-9(10-2-7-13(16)14(17)8-10)18-19-22(20,21)12-5-3-11(15)4-6-12/h2-8,19H,1H3/b18-9-. The molecule has 0 spiro atoms. The van der Waals surface area contributed by atoms with Crippen molar-refractivity contribution in [3.63, 3.8) is 0 Å². The number of nitrogens with one attached hydrogen (secondary N) is 1. The number of benzene rings is 2. The van der Waals surface area contributed by atoms with Crippen LogP contribution in [0.25, 0.3) is 0 Å². The van der Waals surface area contributed by atoms with E-state index in [-0.39, 0.29) is 4.90 Å². The van der Waals surface area contributed by atoms with Gasteiger partial charge in [-0.05, 0) is 48.9 Å². The van der Waals surface area contributed by atoms with E-state index in [0.29, 0.717) is 26.3 Å². The Morgan fingerprint density at radius 2 is 1.64 bits per heavy atom. The molecule has 0 bridgehead atoms. The van der Waals surface area contributed by atoms with Crippen molar-refractivity contribution in [1.29, 1.82) is 0 Å². The van der Waals surface area contributed by atoms with Crippen LogP contribution in [-0.4, -0.2) is 14.1 Å². The van der Waals surface area contributed by atoms with Gasteiger partial charge in [0.1, 0.15) is 0 Å². The fourth-order valence-corrected chi connectivity index (χ4v) is 2.86. The van der Waals surface area contributed by atoms with E-state index in [0.717, 1.165) is 0 Å². The van der Waals surface area contributed by atoms with E-state index in [4.69, 9.17) is 34.8 Å². The van der Waals surface area contributed by atoms with Crippen LogP contribution in [0.2, 0.25) is 15.1 Å². The van der Waals surface area contributed by atoms with Gasteiger partial charge in [0.25, 0.3) is 10.0 Å². The summed E-state index contributed by atoms with van der Waals surface area (Å²) >= 11 is 17.5. The van der Waals surface area contributed by atoms with E-state index in [1.54, 1.807) is 25.1 Å². The Balaban J connectivity index is 2.22. The van der Waals surface area contributed by atoms with Crippen LogP contribution in [0.1, 0.15) is 12.5 Å². The molecule has 0 aliphatic rings. The Morgan fingerprint density at radius 1 is 1.00 bits per heavy atom. The molecule has 1 N–H and O–H groups in total. The molecular weight excluding hydrogens is 367 g/mol. The van der Waals surface area contributed by atoms with Gasteiger partial charge in [0.2, 0.25) is 0 Å². The molecule has 2 rings (SSSR count). The van der Waals surface area contributed by atoms with Gasteiger partial charge in [0.15, 0.2) is 0 Å². The topological polar surface area (TPSA) is 58.5 Å². The summed E-state index contributed by atoms with van der Waals surface area (Å²) in [5, 5.41) is 5.12. The van der Waals surface area contributed by atoms with Gasteiger partial charge in [-0.3, -0.25) is 0 Å². The Bertz CT molecular complexity index is 818. The third kappa shape index (κ3) is 4.14. The van der Waals surface area contributed by atoms with Gasteiger partial charge in [0.05, 0.1) is 20.7 Å². The third-order valence-corrected chi connectivity index (χ3v) is 5.01. The van der Waals surface area contributed by atoms with Gasteiger partial charge < -0.3 is 0 Å². The van der Waals surface area contributed by atoms with Gasteiger partial charge in [-0.15, -0.1) is 0 Å². The minimum atomic E-state index is -3.75. The Labute approximate surface area is 143 Å². The third-order valence-electron chi connectivity index (χ3n) is 2.79. The number of hydrogen-bond donors (Lipinski definition) is 1. The number of hydrazone groups is 1. The molecule has 0 radical (unpaired) electrons. The van der Waals surface area contributed by atoms with E-state index in [9.17, 15) is 8.42 Å². The summed E-state index contributed by atoms with van der Waals surface area (Å²) in [4.78, 5) is 2.24. The Kier molecular flexibility index (Phi) is 5.34. The molecular formula is C14H11Cl3N2O2S. The van der Waals surface area contributed by atoms with Crippen LogP contribution in [0.4, 0.5) is 0 Å². The van der Waals surface area contributed by atoms with Gasteiger partial charge in [-0.2, -0.15) is 18.4 Å². The van der Waals surface area contributed by atoms with Crippen molar-refractivity contribution in [2.75, 3.05) is 0 Å². The molecule has 0 fully saturated rings. The quantitative estimate of drug-likeness (QED) is 0.636. The zero-order valence-electron chi connectivity index (χ0n) is 11.3. The van der Waals surface area contributed by atoms with Crippen molar-refractivity contribution in [2.24, 2.45) is 5.10 Å². The summed E-state index contributed by atoms with van der Waals surface area (Å²) in [5.41, 5.74) is 1.12. The molecule has 2 aromatic rings. The van der Waals surface area contributed by atoms with Crippen molar-refractivity contribution in [3.05, 3.63) is 63.1 Å². The number of rotatable bonds is 4. The largest absolute Gasteiger partial charge is 0.276 e. The van der Waals surface area contributed by atoms with Crippen LogP contribution < -0.4 is 4.83 Å². The molecule has 0 atom stereocenters. The highest BCUT2D eigenvalue weighted by atomic mass is 35.5. The van der Waals surface area contributed by atoms with Gasteiger partial charge in [0, 0.05) is 5.02 Å². The Hall–Kier alpha value is -1.27. The predicted molar refractivity (Wildman–Crippen MR) is 90.4 cm³/mol. The normalized spacial score (nSPS) is 12.3. The van der Waals surface area contributed by atoms with E-state index in [1.807, 2.05) is 0 Å². The fraction of sp³-hybridized carbons (Fsp3) is 0.0714. The highest BCUT2D eigenvalue weighted by molar-refractivity contribution is 7.89. The minimum Gasteiger partial charge on any atom is -0.200 e. The molecule has 2 aromatic carbocycles. The average molecular weight is 378 g/mol. The lowest BCUT2D eigenvalue weighted by molar-refractivity contribution is 0.584. The summed E-state index contributed by atoms with van der Waals surface area (Å²) in [5.74, 6) is 0. The van der Waals surface area contributed by atoms with E-state index in [2.05, 4.69) is 9.93 Å². The van der Waals surface area contributed by atoms with Crippen molar-refractivity contribution in [3.8, 4) is 0 Å². The molecule has 0 aliphatic heterocycles. The molecule has 8 heteroatoms. The second-order valence-corrected chi connectivity index (χ2v) is 7.29. The average Bonchev–Trinajstić information content (AvgIpc) is 2.48. The maximum absolute atomic E-state index is 12.1. The number of hydrogen-bond acceptors (Lipinski definition) is 3. The molecule has 0 aliphatic carbocycles. The van der Waals surface area contributed by atoms with E-state index >= 15 is 0 Å². The number of halogens is 3. The Morgan fingerprint density at radius 3 is 2.23 bits per heavy atom. The van der Waals surface area contributed by atoms with Crippen LogP contribution in [-0.2, 0) is 10.0 Å². The molecule has 0 saturated carbocycles. The van der Waals surface area contributed by atoms with Gasteiger partial charge in [-0.1, -0.05) is 40.9 Å². The van der Waals surface area contributed by atoms with Crippen LogP contribution >= 0.6 is 34.8 Å². The second-order valence-electron chi connectivity index (χ2n) is 4.37. The molecule has 0 saturated heterocycles. The SMILES string of the molecule is C/C(=N/NS(=O)(=O)c1ccc(Cl)cc1)c1ccc(Cl)c(Cl)c1. The lowest BCUT2D eigenvalue weighted by Gasteiger charge is -2.06. The summed E-state index contributed by atoms with van der Waals surface area (Å²) < 4.78 is 24.2. The monoisotopic (exact) mass is 376 g/mol. The van der Waals surface area contributed by atoms with Gasteiger partial charge in [-0.25, -0.2) is 0 Å². The summed E-state index contributed by atoms with van der Waals surface area (Å²) in [6.45, 7) is 1.66. The molecule has 0 heterocycles. The minimum absolute atomic E-state index is 0.0718. The zero-order chi connectivity index (χ0) is 16.3. The predicted octanol–water partition coefficient (Wildman–Crippen LogP) is 4.35. The first-order valence-electron chi connectivity index (χ1n) is 6.07. The summed E-state index contributed by atoms with van der Waals surface area (Å²) in [6.07, 6.45) is 0. The lowest BCUT2D eigenvalue weighted by Crippen LogP contribution is -2.19. The molecule has 0 amide bonds. The fourth-order valence-electron chi connectivity index (χ4n) is 1.58. The van der Waals surface area contributed by atoms with Crippen molar-refractivity contribution in [2.45, 2.75) is 11.8 Å². The number of sulfonamides is 1. The van der Waals surface area contributed by atoms with Crippen LogP contribution in [0.5, 0.6) is 0 Å². The molecule has 4 nitrogen and oxygen atoms in total. The first-order chi connectivity index (χ1) is 10.3. The smallest absolute Gasteiger partial charge is 0.200 e. The van der Waals surface area contributed by atoms with Crippen LogP contribution in [0.15, 0.2) is 52.5 Å². The zero-order valence-corrected chi connectivity index (χ0v) is 14.4. The maximum Gasteiger partial charge on any atom is 0.276 e. The first-order valence-corrected chi connectivity index (χ1v) is 8.68. The lowest BCUT2D eigenvalue weighted by atomic mass is 10.1. The van der Waals surface area contributed by atoms with Crippen molar-refractivity contribution in [1.82, 2.24) is 4.83 Å². The molecule has 22 heavy (non-hydrogen) atoms. The second kappa shape index (κ2) is 6.87. The number of nitrogens with zero attached hydrogens (tertiary/aromatic N) is 1.